The third kappa shape index (κ3) is 5.55. The number of aromatic nitrogens is 3. The minimum atomic E-state index is -0.519. The first-order valence-electron chi connectivity index (χ1n) is 13.2. The van der Waals surface area contributed by atoms with Crippen LogP contribution in [0.25, 0.3) is 16.4 Å². The second kappa shape index (κ2) is 11.5. The number of nitro benzene ring substituents is 1. The molecule has 12 heteroatoms. The zero-order chi connectivity index (χ0) is 29.3. The van der Waals surface area contributed by atoms with Crippen molar-refractivity contribution in [3.05, 3.63) is 87.0 Å². The molecule has 2 aromatic carbocycles. The Morgan fingerprint density at radius 3 is 2.54 bits per heavy atom. The van der Waals surface area contributed by atoms with E-state index in [4.69, 9.17) is 9.72 Å². The lowest BCUT2D eigenvalue weighted by atomic mass is 10.0. The van der Waals surface area contributed by atoms with Crippen LogP contribution in [0, 0.1) is 10.1 Å². The third-order valence-corrected chi connectivity index (χ3v) is 7.94. The Morgan fingerprint density at radius 2 is 1.88 bits per heavy atom. The number of carbonyl (C=O) groups excluding carboxylic acids is 2. The maximum atomic E-state index is 13.7. The van der Waals surface area contributed by atoms with E-state index in [2.05, 4.69) is 5.10 Å². The summed E-state index contributed by atoms with van der Waals surface area (Å²) in [5.74, 6) is 0.325. The van der Waals surface area contributed by atoms with Crippen molar-refractivity contribution in [2.24, 2.45) is 0 Å². The Morgan fingerprint density at radius 1 is 1.12 bits per heavy atom. The molecule has 212 valence electrons. The van der Waals surface area contributed by atoms with Gasteiger partial charge in [-0.05, 0) is 43.2 Å². The van der Waals surface area contributed by atoms with Gasteiger partial charge in [-0.25, -0.2) is 9.67 Å². The first-order valence-corrected chi connectivity index (χ1v) is 14.1. The second-order valence-corrected chi connectivity index (χ2v) is 11.0. The summed E-state index contributed by atoms with van der Waals surface area (Å²) in [7, 11) is 1.63. The molecule has 1 fully saturated rings. The van der Waals surface area contributed by atoms with Crippen LogP contribution in [0.4, 0.5) is 5.69 Å². The number of ether oxygens (including phenoxy) is 1. The first kappa shape index (κ1) is 28.0. The van der Waals surface area contributed by atoms with Crippen LogP contribution in [0.15, 0.2) is 60.1 Å². The van der Waals surface area contributed by atoms with Crippen LogP contribution >= 0.6 is 11.3 Å². The summed E-state index contributed by atoms with van der Waals surface area (Å²) in [5, 5.41) is 18.3. The molecule has 0 bridgehead atoms. The molecule has 0 aliphatic carbocycles. The van der Waals surface area contributed by atoms with Gasteiger partial charge in [-0.1, -0.05) is 19.9 Å². The molecular formula is C29H30N6O5S. The van der Waals surface area contributed by atoms with Gasteiger partial charge in [0.05, 0.1) is 35.2 Å². The number of methoxy groups -OCH3 is 1. The highest BCUT2D eigenvalue weighted by molar-refractivity contribution is 7.12. The predicted octanol–water partition coefficient (Wildman–Crippen LogP) is 5.02. The zero-order valence-corrected chi connectivity index (χ0v) is 24.0. The molecule has 0 N–H and O–H groups in total. The van der Waals surface area contributed by atoms with Crippen molar-refractivity contribution in [2.45, 2.75) is 32.7 Å². The van der Waals surface area contributed by atoms with Crippen LogP contribution in [-0.2, 0) is 0 Å². The fourth-order valence-electron chi connectivity index (χ4n) is 5.02. The lowest BCUT2D eigenvalue weighted by Crippen LogP contribution is -2.55. The Balaban J connectivity index is 1.34. The molecule has 5 rings (SSSR count). The van der Waals surface area contributed by atoms with Crippen LogP contribution in [-0.4, -0.2) is 74.1 Å². The number of nitrogens with zero attached hydrogens (tertiary/aromatic N) is 6. The number of hydrogen-bond acceptors (Lipinski definition) is 8. The summed E-state index contributed by atoms with van der Waals surface area (Å²) in [6.07, 6.45) is 1.59. The predicted molar refractivity (Wildman–Crippen MR) is 155 cm³/mol. The van der Waals surface area contributed by atoms with Crippen LogP contribution in [0.5, 0.6) is 5.75 Å². The largest absolute Gasteiger partial charge is 0.497 e. The van der Waals surface area contributed by atoms with Gasteiger partial charge in [-0.15, -0.1) is 11.3 Å². The highest BCUT2D eigenvalue weighted by atomic mass is 32.1. The number of thiazole rings is 1. The summed E-state index contributed by atoms with van der Waals surface area (Å²) < 4.78 is 6.98. The molecule has 2 amide bonds. The molecule has 3 heterocycles. The molecule has 4 aromatic rings. The molecule has 2 aromatic heterocycles. The topological polar surface area (TPSA) is 124 Å². The van der Waals surface area contributed by atoms with Gasteiger partial charge in [0.2, 0.25) is 5.13 Å². The molecule has 41 heavy (non-hydrogen) atoms. The van der Waals surface area contributed by atoms with E-state index in [9.17, 15) is 19.7 Å². The smallest absolute Gasteiger partial charge is 0.270 e. The van der Waals surface area contributed by atoms with Gasteiger partial charge in [0.25, 0.3) is 17.5 Å². The number of carbonyl (C=O) groups is 2. The zero-order valence-electron chi connectivity index (χ0n) is 23.2. The van der Waals surface area contributed by atoms with E-state index in [0.717, 1.165) is 22.7 Å². The average molecular weight is 575 g/mol. The van der Waals surface area contributed by atoms with Crippen molar-refractivity contribution in [1.29, 1.82) is 0 Å². The maximum Gasteiger partial charge on any atom is 0.270 e. The number of benzene rings is 2. The number of amides is 2. The normalized spacial score (nSPS) is 15.3. The minimum absolute atomic E-state index is 0.000974. The SMILES string of the molecule is COc1ccc(-c2csc(-n3ncc(C(=O)N4CCN(C(=O)c5cccc([N+](=O)[O-])c5)C(C)C4)c3C(C)C)n2)cc1. The Labute approximate surface area is 241 Å². The van der Waals surface area contributed by atoms with Crippen molar-refractivity contribution in [3.8, 4) is 22.1 Å². The summed E-state index contributed by atoms with van der Waals surface area (Å²) in [5.41, 5.74) is 3.16. The first-order chi connectivity index (χ1) is 19.7. The number of rotatable bonds is 7. The van der Waals surface area contributed by atoms with Crippen molar-refractivity contribution < 1.29 is 19.2 Å². The molecular weight excluding hydrogens is 544 g/mol. The van der Waals surface area contributed by atoms with Crippen molar-refractivity contribution in [1.82, 2.24) is 24.6 Å². The quantitative estimate of drug-likeness (QED) is 0.224. The summed E-state index contributed by atoms with van der Waals surface area (Å²) in [6.45, 7) is 6.89. The third-order valence-electron chi connectivity index (χ3n) is 7.12. The average Bonchev–Trinajstić information content (AvgIpc) is 3.64. The van der Waals surface area contributed by atoms with Crippen LogP contribution in [0.3, 0.4) is 0 Å². The van der Waals surface area contributed by atoms with Crippen molar-refractivity contribution >= 4 is 28.8 Å². The van der Waals surface area contributed by atoms with Gasteiger partial charge in [-0.3, -0.25) is 19.7 Å². The lowest BCUT2D eigenvalue weighted by molar-refractivity contribution is -0.384. The van der Waals surface area contributed by atoms with E-state index in [-0.39, 0.29) is 35.0 Å². The standard InChI is InChI=1S/C29H30N6O5S/c1-18(2)26-24(15-30-34(26)29-31-25(17-41-29)20-8-10-23(40-4)11-9-20)28(37)32-12-13-33(19(3)16-32)27(36)21-6-5-7-22(14-21)35(38)39/h5-11,14-15,17-19H,12-13,16H2,1-4H3. The van der Waals surface area contributed by atoms with Crippen molar-refractivity contribution in [2.75, 3.05) is 26.7 Å². The molecule has 1 unspecified atom stereocenters. The lowest BCUT2D eigenvalue weighted by Gasteiger charge is -2.40. The molecule has 1 saturated heterocycles. The Kier molecular flexibility index (Phi) is 7.84. The second-order valence-electron chi connectivity index (χ2n) is 10.2. The summed E-state index contributed by atoms with van der Waals surface area (Å²) >= 11 is 1.45. The van der Waals surface area contributed by atoms with E-state index in [1.807, 2.05) is 50.4 Å². The van der Waals surface area contributed by atoms with Gasteiger partial charge in [0.1, 0.15) is 5.75 Å². The van der Waals surface area contributed by atoms with Crippen LogP contribution in [0.2, 0.25) is 0 Å². The molecule has 0 saturated carbocycles. The number of hydrogen-bond donors (Lipinski definition) is 0. The summed E-state index contributed by atoms with van der Waals surface area (Å²) in [4.78, 5) is 45.7. The van der Waals surface area contributed by atoms with E-state index in [0.29, 0.717) is 30.3 Å². The number of nitro groups is 1. The van der Waals surface area contributed by atoms with Crippen molar-refractivity contribution in [3.63, 3.8) is 0 Å². The van der Waals surface area contributed by atoms with E-state index < -0.39 is 4.92 Å². The maximum absolute atomic E-state index is 13.7. The molecule has 1 aliphatic heterocycles. The molecule has 0 radical (unpaired) electrons. The summed E-state index contributed by atoms with van der Waals surface area (Å²) in [6, 6.07) is 13.1. The van der Waals surface area contributed by atoms with Crippen LogP contribution < -0.4 is 4.74 Å². The Bertz CT molecular complexity index is 1600. The molecule has 11 nitrogen and oxygen atoms in total. The highest BCUT2D eigenvalue weighted by Gasteiger charge is 2.33. The van der Waals surface area contributed by atoms with E-state index in [1.165, 1.54) is 29.5 Å². The van der Waals surface area contributed by atoms with Gasteiger partial charge in [-0.2, -0.15) is 5.10 Å². The molecule has 1 aliphatic rings. The van der Waals surface area contributed by atoms with E-state index in [1.54, 1.807) is 33.9 Å². The van der Waals surface area contributed by atoms with Gasteiger partial charge in [0.15, 0.2) is 0 Å². The van der Waals surface area contributed by atoms with Gasteiger partial charge < -0.3 is 14.5 Å². The van der Waals surface area contributed by atoms with Gasteiger partial charge >= 0.3 is 0 Å². The fourth-order valence-corrected chi connectivity index (χ4v) is 5.82. The monoisotopic (exact) mass is 574 g/mol. The Hall–Kier alpha value is -4.58. The number of non-ortho nitro benzene ring substituents is 1. The fraction of sp³-hybridized carbons (Fsp3) is 0.310. The highest BCUT2D eigenvalue weighted by Crippen LogP contribution is 2.30. The van der Waals surface area contributed by atoms with Gasteiger partial charge in [0, 0.05) is 54.3 Å². The minimum Gasteiger partial charge on any atom is -0.497 e. The van der Waals surface area contributed by atoms with Crippen LogP contribution in [0.1, 0.15) is 53.1 Å². The number of piperazine rings is 1. The van der Waals surface area contributed by atoms with E-state index >= 15 is 0 Å². The molecule has 1 atom stereocenters. The molecule has 0 spiro atoms.